The predicted octanol–water partition coefficient (Wildman–Crippen LogP) is 1.17. The van der Waals surface area contributed by atoms with Crippen LogP contribution in [-0.2, 0) is 23.9 Å². The summed E-state index contributed by atoms with van der Waals surface area (Å²) >= 11 is 0. The molecule has 2 unspecified atom stereocenters. The number of nitrogens with one attached hydrogen (secondary N) is 1. The SMILES string of the molecule is O=C(COC(=O)CN1C(=O)C2CC=CCC2C1=O)Nc1cc([N+](=O)[O-])ccc1F. The number of non-ortho nitro benzene ring substituents is 1. The van der Waals surface area contributed by atoms with E-state index in [0.29, 0.717) is 12.8 Å². The van der Waals surface area contributed by atoms with Gasteiger partial charge in [-0.3, -0.25) is 34.2 Å². The number of carbonyl (C=O) groups excluding carboxylic acids is 4. The number of nitro benzene ring substituents is 1. The van der Waals surface area contributed by atoms with Crippen LogP contribution in [-0.4, -0.2) is 46.7 Å². The van der Waals surface area contributed by atoms with Crippen molar-refractivity contribution in [2.24, 2.45) is 11.8 Å². The van der Waals surface area contributed by atoms with Gasteiger partial charge in [0.25, 0.3) is 11.6 Å². The maximum absolute atomic E-state index is 13.7. The molecule has 1 aliphatic carbocycles. The van der Waals surface area contributed by atoms with E-state index in [-0.39, 0.29) is 0 Å². The van der Waals surface area contributed by atoms with Gasteiger partial charge in [-0.1, -0.05) is 12.2 Å². The number of nitro groups is 1. The fourth-order valence-corrected chi connectivity index (χ4v) is 3.25. The number of likely N-dealkylation sites (tertiary alicyclic amines) is 1. The van der Waals surface area contributed by atoms with Crippen LogP contribution in [0.2, 0.25) is 0 Å². The Hall–Kier alpha value is -3.63. The lowest BCUT2D eigenvalue weighted by Gasteiger charge is -2.14. The lowest BCUT2D eigenvalue weighted by atomic mass is 9.85. The quantitative estimate of drug-likeness (QED) is 0.247. The number of esters is 1. The molecular formula is C18H16FN3O7. The van der Waals surface area contributed by atoms with E-state index in [1.807, 2.05) is 12.2 Å². The number of hydrogen-bond donors (Lipinski definition) is 1. The van der Waals surface area contributed by atoms with Gasteiger partial charge in [0.1, 0.15) is 12.4 Å². The molecule has 1 aromatic rings. The smallest absolute Gasteiger partial charge is 0.326 e. The number of allylic oxidation sites excluding steroid dienone is 2. The molecule has 2 atom stereocenters. The lowest BCUT2D eigenvalue weighted by molar-refractivity contribution is -0.384. The summed E-state index contributed by atoms with van der Waals surface area (Å²) in [7, 11) is 0. The van der Waals surface area contributed by atoms with Crippen molar-refractivity contribution in [2.45, 2.75) is 12.8 Å². The second-order valence-electron chi connectivity index (χ2n) is 6.55. The van der Waals surface area contributed by atoms with Crippen molar-refractivity contribution in [3.8, 4) is 0 Å². The summed E-state index contributed by atoms with van der Waals surface area (Å²) in [6.45, 7) is -1.44. The Labute approximate surface area is 163 Å². The van der Waals surface area contributed by atoms with Crippen molar-refractivity contribution in [2.75, 3.05) is 18.5 Å². The summed E-state index contributed by atoms with van der Waals surface area (Å²) in [4.78, 5) is 59.1. The molecule has 1 heterocycles. The molecule has 3 amide bonds. The number of anilines is 1. The van der Waals surface area contributed by atoms with Crippen LogP contribution in [0.1, 0.15) is 12.8 Å². The van der Waals surface area contributed by atoms with Gasteiger partial charge in [-0.2, -0.15) is 0 Å². The van der Waals surface area contributed by atoms with Gasteiger partial charge in [-0.25, -0.2) is 4.39 Å². The Balaban J connectivity index is 1.53. The molecule has 1 aromatic carbocycles. The van der Waals surface area contributed by atoms with Crippen LogP contribution >= 0.6 is 0 Å². The maximum Gasteiger partial charge on any atom is 0.326 e. The molecular weight excluding hydrogens is 389 g/mol. The largest absolute Gasteiger partial charge is 0.454 e. The van der Waals surface area contributed by atoms with E-state index in [9.17, 15) is 33.7 Å². The summed E-state index contributed by atoms with van der Waals surface area (Å²) in [5, 5.41) is 12.8. The van der Waals surface area contributed by atoms with Crippen LogP contribution in [0.15, 0.2) is 30.4 Å². The second-order valence-corrected chi connectivity index (χ2v) is 6.55. The van der Waals surface area contributed by atoms with Crippen molar-refractivity contribution < 1.29 is 33.2 Å². The van der Waals surface area contributed by atoms with Crippen LogP contribution < -0.4 is 5.32 Å². The Morgan fingerprint density at radius 1 is 1.21 bits per heavy atom. The number of amides is 3. The molecule has 11 heteroatoms. The number of ether oxygens (including phenoxy) is 1. The van der Waals surface area contributed by atoms with Crippen LogP contribution in [0.5, 0.6) is 0 Å². The van der Waals surface area contributed by atoms with E-state index in [1.165, 1.54) is 0 Å². The van der Waals surface area contributed by atoms with E-state index in [0.717, 1.165) is 23.1 Å². The summed E-state index contributed by atoms with van der Waals surface area (Å²) in [5.41, 5.74) is -0.873. The molecule has 152 valence electrons. The molecule has 2 aliphatic rings. The van der Waals surface area contributed by atoms with Gasteiger partial charge < -0.3 is 10.1 Å². The second kappa shape index (κ2) is 8.17. The maximum atomic E-state index is 13.7. The minimum Gasteiger partial charge on any atom is -0.454 e. The van der Waals surface area contributed by atoms with Crippen LogP contribution in [0.25, 0.3) is 0 Å². The first kappa shape index (κ1) is 20.1. The van der Waals surface area contributed by atoms with Crippen molar-refractivity contribution in [3.63, 3.8) is 0 Å². The minimum atomic E-state index is -0.979. The zero-order chi connectivity index (χ0) is 21.1. The first-order chi connectivity index (χ1) is 13.8. The highest BCUT2D eigenvalue weighted by Crippen LogP contribution is 2.34. The normalized spacial score (nSPS) is 20.4. The molecule has 1 N–H and O–H groups in total. The Morgan fingerprint density at radius 3 is 2.41 bits per heavy atom. The monoisotopic (exact) mass is 405 g/mol. The molecule has 1 saturated heterocycles. The van der Waals surface area contributed by atoms with Crippen molar-refractivity contribution >= 4 is 35.1 Å². The highest BCUT2D eigenvalue weighted by atomic mass is 19.1. The number of hydrogen-bond acceptors (Lipinski definition) is 7. The van der Waals surface area contributed by atoms with Crippen molar-refractivity contribution in [3.05, 3.63) is 46.3 Å². The van der Waals surface area contributed by atoms with Crippen LogP contribution in [0.4, 0.5) is 15.8 Å². The van der Waals surface area contributed by atoms with E-state index in [1.54, 1.807) is 0 Å². The first-order valence-corrected chi connectivity index (χ1v) is 8.67. The molecule has 0 bridgehead atoms. The van der Waals surface area contributed by atoms with Gasteiger partial charge >= 0.3 is 5.97 Å². The Bertz CT molecular complexity index is 904. The third-order valence-corrected chi connectivity index (χ3v) is 4.69. The van der Waals surface area contributed by atoms with Gasteiger partial charge in [0.2, 0.25) is 11.8 Å². The zero-order valence-corrected chi connectivity index (χ0v) is 15.0. The number of halogens is 1. The molecule has 10 nitrogen and oxygen atoms in total. The summed E-state index contributed by atoms with van der Waals surface area (Å²) in [6.07, 6.45) is 4.48. The average Bonchev–Trinajstić information content (AvgIpc) is 2.93. The van der Waals surface area contributed by atoms with E-state index in [2.05, 4.69) is 5.32 Å². The molecule has 0 spiro atoms. The molecule has 0 radical (unpaired) electrons. The van der Waals surface area contributed by atoms with Crippen LogP contribution in [0.3, 0.4) is 0 Å². The highest BCUT2D eigenvalue weighted by molar-refractivity contribution is 6.07. The Morgan fingerprint density at radius 2 is 1.83 bits per heavy atom. The standard InChI is InChI=1S/C18H16FN3O7/c19-13-6-5-10(22(27)28)7-14(13)20-15(23)9-29-16(24)8-21-17(25)11-3-1-2-4-12(11)18(21)26/h1-2,5-7,11-12H,3-4,8-9H2,(H,20,23). The average molecular weight is 405 g/mol. The van der Waals surface area contributed by atoms with Crippen molar-refractivity contribution in [1.82, 2.24) is 4.90 Å². The van der Waals surface area contributed by atoms with Gasteiger partial charge in [0, 0.05) is 12.1 Å². The zero-order valence-electron chi connectivity index (χ0n) is 15.0. The van der Waals surface area contributed by atoms with Gasteiger partial charge in [0.05, 0.1) is 22.4 Å². The van der Waals surface area contributed by atoms with E-state index < -0.39 is 70.8 Å². The minimum absolute atomic E-state index is 0.429. The topological polar surface area (TPSA) is 136 Å². The van der Waals surface area contributed by atoms with Gasteiger partial charge in [-0.05, 0) is 18.9 Å². The van der Waals surface area contributed by atoms with E-state index in [4.69, 9.17) is 4.74 Å². The molecule has 0 saturated carbocycles. The lowest BCUT2D eigenvalue weighted by Crippen LogP contribution is -2.37. The number of benzene rings is 1. The fourth-order valence-electron chi connectivity index (χ4n) is 3.25. The number of imide groups is 1. The summed E-state index contributed by atoms with van der Waals surface area (Å²) < 4.78 is 18.4. The summed E-state index contributed by atoms with van der Waals surface area (Å²) in [6, 6.07) is 2.58. The number of nitrogens with zero attached hydrogens (tertiary/aromatic N) is 2. The molecule has 1 fully saturated rings. The van der Waals surface area contributed by atoms with Crippen LogP contribution in [0, 0.1) is 27.8 Å². The summed E-state index contributed by atoms with van der Waals surface area (Å²) in [5.74, 6) is -4.70. The predicted molar refractivity (Wildman–Crippen MR) is 94.7 cm³/mol. The third kappa shape index (κ3) is 4.28. The third-order valence-electron chi connectivity index (χ3n) is 4.69. The highest BCUT2D eigenvalue weighted by Gasteiger charge is 2.47. The number of fused-ring (bicyclic) bond motifs is 1. The fraction of sp³-hybridized carbons (Fsp3) is 0.333. The molecule has 3 rings (SSSR count). The van der Waals surface area contributed by atoms with E-state index >= 15 is 0 Å². The molecule has 29 heavy (non-hydrogen) atoms. The van der Waals surface area contributed by atoms with Crippen molar-refractivity contribution in [1.29, 1.82) is 0 Å². The number of carbonyl (C=O) groups is 4. The Kier molecular flexibility index (Phi) is 5.66. The number of rotatable bonds is 6. The molecule has 1 aliphatic heterocycles. The molecule has 0 aromatic heterocycles. The first-order valence-electron chi connectivity index (χ1n) is 8.67. The van der Waals surface area contributed by atoms with Gasteiger partial charge in [-0.15, -0.1) is 0 Å². The van der Waals surface area contributed by atoms with Gasteiger partial charge in [0.15, 0.2) is 6.61 Å².